The first-order valence-electron chi connectivity index (χ1n) is 10.4. The van der Waals surface area contributed by atoms with Gasteiger partial charge >= 0.3 is 5.69 Å². The minimum absolute atomic E-state index is 0.0286. The number of carbonyl (C=O) groups is 1. The van der Waals surface area contributed by atoms with Gasteiger partial charge in [0.1, 0.15) is 11.3 Å². The van der Waals surface area contributed by atoms with Crippen LogP contribution < -0.4 is 16.6 Å². The van der Waals surface area contributed by atoms with Crippen LogP contribution in [0.4, 0.5) is 0 Å². The molecule has 3 aromatic rings. The molecule has 164 valence electrons. The van der Waals surface area contributed by atoms with Gasteiger partial charge in [0.05, 0.1) is 5.41 Å². The predicted molar refractivity (Wildman–Crippen MR) is 116 cm³/mol. The highest BCUT2D eigenvalue weighted by Gasteiger charge is 2.41. The average Bonchev–Trinajstić information content (AvgIpc) is 3.21. The second kappa shape index (κ2) is 8.14. The van der Waals surface area contributed by atoms with Crippen LogP contribution in [-0.2, 0) is 35.5 Å². The van der Waals surface area contributed by atoms with Crippen molar-refractivity contribution in [1.82, 2.24) is 24.4 Å². The molecule has 2 aromatic heterocycles. The van der Waals surface area contributed by atoms with E-state index in [1.165, 1.54) is 11.6 Å². The summed E-state index contributed by atoms with van der Waals surface area (Å²) < 4.78 is 7.90. The maximum atomic E-state index is 13.3. The number of hydrogen-bond donors (Lipinski definition) is 2. The maximum Gasteiger partial charge on any atom is 0.332 e. The van der Waals surface area contributed by atoms with Crippen molar-refractivity contribution in [3.63, 3.8) is 0 Å². The lowest BCUT2D eigenvalue weighted by molar-refractivity contribution is -0.130. The molecule has 0 spiro atoms. The van der Waals surface area contributed by atoms with E-state index in [9.17, 15) is 14.4 Å². The number of ether oxygens (including phenoxy) is 1. The van der Waals surface area contributed by atoms with Gasteiger partial charge in [0.2, 0.25) is 5.91 Å². The molecule has 0 unspecified atom stereocenters. The quantitative estimate of drug-likeness (QED) is 0.624. The number of aromatic nitrogens is 4. The fourth-order valence-electron chi connectivity index (χ4n) is 4.20. The number of aryl methyl sites for hydroxylation is 2. The third-order valence-corrected chi connectivity index (χ3v) is 6.18. The molecule has 2 N–H and O–H groups in total. The summed E-state index contributed by atoms with van der Waals surface area (Å²) in [6.45, 7) is 3.47. The zero-order valence-electron chi connectivity index (χ0n) is 18.0. The molecule has 1 amide bonds. The molecule has 4 rings (SSSR count). The summed E-state index contributed by atoms with van der Waals surface area (Å²) in [7, 11) is 3.01. The topological polar surface area (TPSA) is 111 Å². The molecule has 0 aliphatic carbocycles. The lowest BCUT2D eigenvalue weighted by atomic mass is 9.73. The van der Waals surface area contributed by atoms with E-state index in [0.717, 1.165) is 15.7 Å². The Bertz CT molecular complexity index is 1230. The predicted octanol–water partition coefficient (Wildman–Crippen LogP) is 0.676. The van der Waals surface area contributed by atoms with Gasteiger partial charge in [-0.05, 0) is 25.3 Å². The number of hydrogen-bond acceptors (Lipinski definition) is 5. The smallest absolute Gasteiger partial charge is 0.332 e. The van der Waals surface area contributed by atoms with Crippen LogP contribution in [0.5, 0.6) is 0 Å². The zero-order valence-corrected chi connectivity index (χ0v) is 18.0. The number of fused-ring (bicyclic) bond motifs is 1. The molecule has 1 fully saturated rings. The van der Waals surface area contributed by atoms with Gasteiger partial charge < -0.3 is 15.0 Å². The van der Waals surface area contributed by atoms with Crippen molar-refractivity contribution in [3.8, 4) is 0 Å². The minimum atomic E-state index is -0.611. The van der Waals surface area contributed by atoms with Crippen LogP contribution in [0.1, 0.15) is 29.8 Å². The number of rotatable bonds is 5. The summed E-state index contributed by atoms with van der Waals surface area (Å²) in [4.78, 5) is 45.1. The molecule has 1 aliphatic heterocycles. The van der Waals surface area contributed by atoms with Crippen molar-refractivity contribution < 1.29 is 9.53 Å². The van der Waals surface area contributed by atoms with E-state index < -0.39 is 16.7 Å². The second-order valence-electron chi connectivity index (χ2n) is 8.15. The SMILES string of the molecule is Cc1ccc(C2(C(=O)NCCc3nc4c([nH]3)c(=O)n(C)c(=O)n4C)CCOCC2)cc1. The van der Waals surface area contributed by atoms with Gasteiger partial charge in [0, 0.05) is 40.3 Å². The first-order chi connectivity index (χ1) is 14.8. The third-order valence-electron chi connectivity index (χ3n) is 6.18. The number of imidazole rings is 1. The normalized spacial score (nSPS) is 15.8. The Morgan fingerprint density at radius 1 is 1.16 bits per heavy atom. The Morgan fingerprint density at radius 2 is 1.84 bits per heavy atom. The van der Waals surface area contributed by atoms with Crippen LogP contribution in [0, 0.1) is 6.92 Å². The van der Waals surface area contributed by atoms with Gasteiger partial charge in [-0.3, -0.25) is 18.7 Å². The van der Waals surface area contributed by atoms with Crippen molar-refractivity contribution in [2.75, 3.05) is 19.8 Å². The van der Waals surface area contributed by atoms with E-state index in [-0.39, 0.29) is 11.4 Å². The summed E-state index contributed by atoms with van der Waals surface area (Å²) in [6.07, 6.45) is 1.67. The molecular weight excluding hydrogens is 398 g/mol. The molecule has 0 radical (unpaired) electrons. The number of nitrogens with one attached hydrogen (secondary N) is 2. The molecule has 1 saturated heterocycles. The van der Waals surface area contributed by atoms with E-state index in [1.54, 1.807) is 7.05 Å². The highest BCUT2D eigenvalue weighted by molar-refractivity contribution is 5.88. The largest absolute Gasteiger partial charge is 0.381 e. The van der Waals surface area contributed by atoms with E-state index in [0.29, 0.717) is 50.5 Å². The van der Waals surface area contributed by atoms with Crippen molar-refractivity contribution in [2.45, 2.75) is 31.6 Å². The molecular formula is C22H27N5O4. The van der Waals surface area contributed by atoms with Gasteiger partial charge in [-0.2, -0.15) is 0 Å². The van der Waals surface area contributed by atoms with Crippen molar-refractivity contribution in [1.29, 1.82) is 0 Å². The van der Waals surface area contributed by atoms with Gasteiger partial charge in [-0.25, -0.2) is 9.78 Å². The Hall–Kier alpha value is -3.20. The molecule has 3 heterocycles. The minimum Gasteiger partial charge on any atom is -0.381 e. The highest BCUT2D eigenvalue weighted by Crippen LogP contribution is 2.35. The van der Waals surface area contributed by atoms with E-state index in [4.69, 9.17) is 4.74 Å². The van der Waals surface area contributed by atoms with Crippen LogP contribution in [0.2, 0.25) is 0 Å². The zero-order chi connectivity index (χ0) is 22.2. The van der Waals surface area contributed by atoms with E-state index in [2.05, 4.69) is 15.3 Å². The van der Waals surface area contributed by atoms with Crippen LogP contribution in [0.15, 0.2) is 33.9 Å². The van der Waals surface area contributed by atoms with Crippen molar-refractivity contribution in [2.24, 2.45) is 14.1 Å². The molecule has 9 heteroatoms. The lowest BCUT2D eigenvalue weighted by Crippen LogP contribution is -2.48. The number of aromatic amines is 1. The monoisotopic (exact) mass is 425 g/mol. The molecule has 31 heavy (non-hydrogen) atoms. The average molecular weight is 425 g/mol. The fraction of sp³-hybridized carbons (Fsp3) is 0.455. The Labute approximate surface area is 179 Å². The Morgan fingerprint density at radius 3 is 2.52 bits per heavy atom. The standard InChI is InChI=1S/C22H27N5O4/c1-14-4-6-15(7-5-14)22(9-12-31-13-10-22)20(29)23-11-8-16-24-17-18(25-16)26(2)21(30)27(3)19(17)28/h4-7H,8-13H2,1-3H3,(H,23,29)(H,24,25). The molecule has 1 aromatic carbocycles. The number of benzene rings is 1. The Balaban J connectivity index is 1.52. The van der Waals surface area contributed by atoms with Gasteiger partial charge in [0.25, 0.3) is 5.56 Å². The molecule has 1 aliphatic rings. The fourth-order valence-corrected chi connectivity index (χ4v) is 4.20. The Kier molecular flexibility index (Phi) is 5.53. The first kappa shape index (κ1) is 21.0. The number of H-pyrrole nitrogens is 1. The number of amides is 1. The third kappa shape index (κ3) is 3.69. The number of carbonyl (C=O) groups excluding carboxylic acids is 1. The van der Waals surface area contributed by atoms with Gasteiger partial charge in [0.15, 0.2) is 5.65 Å². The van der Waals surface area contributed by atoms with Crippen LogP contribution >= 0.6 is 0 Å². The molecule has 0 saturated carbocycles. The van der Waals surface area contributed by atoms with Gasteiger partial charge in [-0.1, -0.05) is 29.8 Å². The van der Waals surface area contributed by atoms with E-state index >= 15 is 0 Å². The second-order valence-corrected chi connectivity index (χ2v) is 8.15. The molecule has 9 nitrogen and oxygen atoms in total. The summed E-state index contributed by atoms with van der Waals surface area (Å²) >= 11 is 0. The van der Waals surface area contributed by atoms with Crippen molar-refractivity contribution in [3.05, 3.63) is 62.1 Å². The summed E-state index contributed by atoms with van der Waals surface area (Å²) in [5.41, 5.74) is 1.30. The summed E-state index contributed by atoms with van der Waals surface area (Å²) in [5, 5.41) is 3.04. The summed E-state index contributed by atoms with van der Waals surface area (Å²) in [5.74, 6) is 0.518. The van der Waals surface area contributed by atoms with Crippen LogP contribution in [-0.4, -0.2) is 44.8 Å². The molecule has 0 atom stereocenters. The van der Waals surface area contributed by atoms with Gasteiger partial charge in [-0.15, -0.1) is 0 Å². The lowest BCUT2D eigenvalue weighted by Gasteiger charge is -2.36. The summed E-state index contributed by atoms with van der Waals surface area (Å²) in [6, 6.07) is 8.10. The van der Waals surface area contributed by atoms with E-state index in [1.807, 2.05) is 31.2 Å². The van der Waals surface area contributed by atoms with Crippen molar-refractivity contribution >= 4 is 17.1 Å². The van der Waals surface area contributed by atoms with Crippen LogP contribution in [0.25, 0.3) is 11.2 Å². The first-order valence-corrected chi connectivity index (χ1v) is 10.4. The maximum absolute atomic E-state index is 13.3. The number of nitrogens with zero attached hydrogens (tertiary/aromatic N) is 3. The highest BCUT2D eigenvalue weighted by atomic mass is 16.5. The molecule has 0 bridgehead atoms. The van der Waals surface area contributed by atoms with Crippen LogP contribution in [0.3, 0.4) is 0 Å².